The first kappa shape index (κ1) is 17.5. The molecule has 3 N–H and O–H groups in total. The van der Waals surface area contributed by atoms with Crippen LogP contribution in [0.25, 0.3) is 10.9 Å². The molecule has 0 bridgehead atoms. The summed E-state index contributed by atoms with van der Waals surface area (Å²) in [4.78, 5) is 26.8. The van der Waals surface area contributed by atoms with Crippen LogP contribution in [0.5, 0.6) is 0 Å². The van der Waals surface area contributed by atoms with Crippen LogP contribution in [-0.2, 0) is 5.41 Å². The van der Waals surface area contributed by atoms with E-state index in [0.29, 0.717) is 18.9 Å². The average molecular weight is 355 g/mol. The van der Waals surface area contributed by atoms with Gasteiger partial charge in [0, 0.05) is 17.7 Å². The maximum atomic E-state index is 14.2. The van der Waals surface area contributed by atoms with E-state index in [0.717, 1.165) is 12.8 Å². The van der Waals surface area contributed by atoms with Gasteiger partial charge in [-0.3, -0.25) is 4.79 Å². The van der Waals surface area contributed by atoms with E-state index >= 15 is 0 Å². The molecule has 0 saturated heterocycles. The topological polar surface area (TPSA) is 90.4 Å². The summed E-state index contributed by atoms with van der Waals surface area (Å²) in [6, 6.07) is 0.496. The van der Waals surface area contributed by atoms with E-state index in [1.54, 1.807) is 0 Å². The van der Waals surface area contributed by atoms with Crippen LogP contribution in [0.4, 0.5) is 13.2 Å². The SMILES string of the molecule is O=C(O)c1c(C2(CCO)CCCC2)[nH]c2c(F)c(F)c(F)cc2c1=O. The highest BCUT2D eigenvalue weighted by Gasteiger charge is 2.40. The molecule has 0 atom stereocenters. The second kappa shape index (κ2) is 6.18. The Balaban J connectivity index is 2.44. The summed E-state index contributed by atoms with van der Waals surface area (Å²) in [5.74, 6) is -6.40. The van der Waals surface area contributed by atoms with Crippen molar-refractivity contribution in [3.05, 3.63) is 45.0 Å². The molecule has 1 heterocycles. The predicted molar refractivity (Wildman–Crippen MR) is 83.3 cm³/mol. The zero-order chi connectivity index (χ0) is 18.4. The number of benzene rings is 1. The van der Waals surface area contributed by atoms with Gasteiger partial charge in [-0.05, 0) is 25.3 Å². The van der Waals surface area contributed by atoms with Crippen molar-refractivity contribution in [2.24, 2.45) is 0 Å². The zero-order valence-electron chi connectivity index (χ0n) is 13.2. The Morgan fingerprint density at radius 1 is 1.20 bits per heavy atom. The fourth-order valence-corrected chi connectivity index (χ4v) is 3.82. The molecule has 1 aliphatic carbocycles. The van der Waals surface area contributed by atoms with Gasteiger partial charge < -0.3 is 15.2 Å². The maximum Gasteiger partial charge on any atom is 0.341 e. The van der Waals surface area contributed by atoms with Crippen LogP contribution in [0.1, 0.15) is 48.2 Å². The molecular weight excluding hydrogens is 339 g/mol. The van der Waals surface area contributed by atoms with Crippen molar-refractivity contribution in [2.75, 3.05) is 6.61 Å². The molecule has 1 aromatic heterocycles. The number of aliphatic hydroxyl groups is 1. The molecule has 0 radical (unpaired) electrons. The Hall–Kier alpha value is -2.35. The Labute approximate surface area is 140 Å². The van der Waals surface area contributed by atoms with Gasteiger partial charge in [0.05, 0.1) is 10.9 Å². The molecule has 1 saturated carbocycles. The van der Waals surface area contributed by atoms with Gasteiger partial charge in [-0.25, -0.2) is 18.0 Å². The lowest BCUT2D eigenvalue weighted by atomic mass is 9.77. The number of pyridine rings is 1. The number of carbonyl (C=O) groups is 1. The summed E-state index contributed by atoms with van der Waals surface area (Å²) in [5.41, 5.74) is -3.12. The Morgan fingerprint density at radius 2 is 1.84 bits per heavy atom. The molecule has 3 rings (SSSR count). The quantitative estimate of drug-likeness (QED) is 0.736. The number of carboxylic acids is 1. The molecule has 1 aliphatic rings. The number of nitrogens with one attached hydrogen (secondary N) is 1. The molecule has 0 unspecified atom stereocenters. The van der Waals surface area contributed by atoms with Crippen molar-refractivity contribution in [2.45, 2.75) is 37.5 Å². The Morgan fingerprint density at radius 3 is 2.40 bits per heavy atom. The number of hydrogen-bond donors (Lipinski definition) is 3. The highest BCUT2D eigenvalue weighted by atomic mass is 19.2. The van der Waals surface area contributed by atoms with Gasteiger partial charge in [0.25, 0.3) is 0 Å². The predicted octanol–water partition coefficient (Wildman–Crippen LogP) is 2.84. The molecule has 134 valence electrons. The third-order valence-electron chi connectivity index (χ3n) is 5.03. The number of fused-ring (bicyclic) bond motifs is 1. The van der Waals surface area contributed by atoms with E-state index < -0.39 is 50.7 Å². The van der Waals surface area contributed by atoms with Gasteiger partial charge in [0.2, 0.25) is 5.43 Å². The minimum absolute atomic E-state index is 0.0334. The van der Waals surface area contributed by atoms with E-state index in [-0.39, 0.29) is 18.7 Å². The highest BCUT2D eigenvalue weighted by Crippen LogP contribution is 2.44. The van der Waals surface area contributed by atoms with Crippen LogP contribution < -0.4 is 5.43 Å². The van der Waals surface area contributed by atoms with Gasteiger partial charge in [-0.2, -0.15) is 0 Å². The lowest BCUT2D eigenvalue weighted by Crippen LogP contribution is -2.32. The second-order valence-electron chi connectivity index (χ2n) is 6.38. The minimum atomic E-state index is -1.74. The summed E-state index contributed by atoms with van der Waals surface area (Å²) in [7, 11) is 0. The molecule has 0 aliphatic heterocycles. The molecule has 0 spiro atoms. The molecular formula is C17H16F3NO4. The number of carboxylic acid groups (broad SMARTS) is 1. The smallest absolute Gasteiger partial charge is 0.341 e. The fraction of sp³-hybridized carbons (Fsp3) is 0.412. The third kappa shape index (κ3) is 2.60. The number of aromatic carboxylic acids is 1. The summed E-state index contributed by atoms with van der Waals surface area (Å²) < 4.78 is 41.2. The average Bonchev–Trinajstić information content (AvgIpc) is 3.03. The van der Waals surface area contributed by atoms with Crippen molar-refractivity contribution in [1.82, 2.24) is 4.98 Å². The Kier molecular flexibility index (Phi) is 4.32. The largest absolute Gasteiger partial charge is 0.477 e. The van der Waals surface area contributed by atoms with Crippen molar-refractivity contribution >= 4 is 16.9 Å². The normalized spacial score (nSPS) is 16.5. The standard InChI is InChI=1S/C17H16F3NO4/c18-9-7-8-13(12(20)11(9)19)21-15(10(14(8)23)16(24)25)17(5-6-22)3-1-2-4-17/h7,22H,1-6H2,(H,21,23)(H,24,25). The fourth-order valence-electron chi connectivity index (χ4n) is 3.82. The van der Waals surface area contributed by atoms with E-state index in [9.17, 15) is 33.0 Å². The minimum Gasteiger partial charge on any atom is -0.477 e. The number of H-pyrrole nitrogens is 1. The lowest BCUT2D eigenvalue weighted by molar-refractivity contribution is 0.0690. The summed E-state index contributed by atoms with van der Waals surface area (Å²) in [5, 5.41) is 18.3. The first-order valence-electron chi connectivity index (χ1n) is 7.90. The molecule has 2 aromatic rings. The van der Waals surface area contributed by atoms with Gasteiger partial charge in [-0.15, -0.1) is 0 Å². The van der Waals surface area contributed by atoms with Crippen LogP contribution >= 0.6 is 0 Å². The molecule has 25 heavy (non-hydrogen) atoms. The van der Waals surface area contributed by atoms with Crippen LogP contribution in [0.15, 0.2) is 10.9 Å². The third-order valence-corrected chi connectivity index (χ3v) is 5.03. The van der Waals surface area contributed by atoms with Crippen molar-refractivity contribution in [3.8, 4) is 0 Å². The van der Waals surface area contributed by atoms with Gasteiger partial charge in [0.1, 0.15) is 5.56 Å². The molecule has 0 amide bonds. The maximum absolute atomic E-state index is 14.2. The van der Waals surface area contributed by atoms with Crippen LogP contribution in [-0.4, -0.2) is 27.8 Å². The Bertz CT molecular complexity index is 916. The van der Waals surface area contributed by atoms with E-state index in [2.05, 4.69) is 4.98 Å². The first-order valence-corrected chi connectivity index (χ1v) is 7.90. The van der Waals surface area contributed by atoms with Gasteiger partial charge in [0.15, 0.2) is 17.5 Å². The number of hydrogen-bond acceptors (Lipinski definition) is 3. The van der Waals surface area contributed by atoms with Gasteiger partial charge in [-0.1, -0.05) is 12.8 Å². The van der Waals surface area contributed by atoms with Crippen molar-refractivity contribution in [1.29, 1.82) is 0 Å². The number of aromatic nitrogens is 1. The first-order chi connectivity index (χ1) is 11.8. The molecule has 8 heteroatoms. The molecule has 1 fully saturated rings. The lowest BCUT2D eigenvalue weighted by Gasteiger charge is -2.30. The number of rotatable bonds is 4. The second-order valence-corrected chi connectivity index (χ2v) is 6.38. The number of halogens is 3. The van der Waals surface area contributed by atoms with Crippen molar-refractivity contribution in [3.63, 3.8) is 0 Å². The number of aliphatic hydroxyl groups excluding tert-OH is 1. The van der Waals surface area contributed by atoms with Gasteiger partial charge >= 0.3 is 5.97 Å². The summed E-state index contributed by atoms with van der Waals surface area (Å²) in [6.07, 6.45) is 2.68. The van der Waals surface area contributed by atoms with Crippen LogP contribution in [0.3, 0.4) is 0 Å². The van der Waals surface area contributed by atoms with Crippen LogP contribution in [0, 0.1) is 17.5 Å². The molecule has 1 aromatic carbocycles. The van der Waals surface area contributed by atoms with Crippen molar-refractivity contribution < 1.29 is 28.2 Å². The van der Waals surface area contributed by atoms with E-state index in [1.165, 1.54) is 0 Å². The molecule has 5 nitrogen and oxygen atoms in total. The zero-order valence-corrected chi connectivity index (χ0v) is 13.2. The highest BCUT2D eigenvalue weighted by molar-refractivity contribution is 5.94. The monoisotopic (exact) mass is 355 g/mol. The number of aromatic amines is 1. The summed E-state index contributed by atoms with van der Waals surface area (Å²) in [6.45, 7) is -0.251. The van der Waals surface area contributed by atoms with E-state index in [4.69, 9.17) is 0 Å². The van der Waals surface area contributed by atoms with E-state index in [1.807, 2.05) is 0 Å². The summed E-state index contributed by atoms with van der Waals surface area (Å²) >= 11 is 0. The van der Waals surface area contributed by atoms with Crippen LogP contribution in [0.2, 0.25) is 0 Å².